The van der Waals surface area contributed by atoms with Gasteiger partial charge in [-0.25, -0.2) is 0 Å². The average molecular weight is 228 g/mol. The van der Waals surface area contributed by atoms with Gasteiger partial charge in [0.1, 0.15) is 0 Å². The smallest absolute Gasteiger partial charge is 0.312 e. The molecule has 0 aliphatic heterocycles. The Morgan fingerprint density at radius 2 is 2.27 bits per heavy atom. The maximum Gasteiger partial charge on any atom is 0.312 e. The lowest BCUT2D eigenvalue weighted by atomic mass is 10.00. The lowest BCUT2D eigenvalue weighted by Crippen LogP contribution is -2.11. The van der Waals surface area contributed by atoms with E-state index >= 15 is 0 Å². The Bertz CT molecular complexity index is 366. The van der Waals surface area contributed by atoms with Crippen LogP contribution in [-0.2, 0) is 16.1 Å². The number of carbonyl (C=O) groups is 1. The number of ether oxygens (including phenoxy) is 1. The molecule has 1 atom stereocenters. The van der Waals surface area contributed by atoms with Crippen molar-refractivity contribution in [2.24, 2.45) is 5.73 Å². The molecule has 15 heavy (non-hydrogen) atoms. The summed E-state index contributed by atoms with van der Waals surface area (Å²) in [4.78, 5) is 11.3. The third kappa shape index (κ3) is 2.70. The van der Waals surface area contributed by atoms with Crippen LogP contribution in [0.4, 0.5) is 0 Å². The van der Waals surface area contributed by atoms with E-state index in [-0.39, 0.29) is 11.9 Å². The lowest BCUT2D eigenvalue weighted by molar-refractivity contribution is -0.141. The van der Waals surface area contributed by atoms with Gasteiger partial charge in [-0.3, -0.25) is 4.79 Å². The molecule has 2 N–H and O–H groups in total. The molecule has 0 aliphatic carbocycles. The molecule has 1 aromatic carbocycles. The summed E-state index contributed by atoms with van der Waals surface area (Å²) in [5, 5.41) is 0.589. The third-order valence-electron chi connectivity index (χ3n) is 2.35. The minimum atomic E-state index is -0.306. The number of carbonyl (C=O) groups excluding carboxylic acids is 1. The van der Waals surface area contributed by atoms with E-state index in [9.17, 15) is 4.79 Å². The van der Waals surface area contributed by atoms with Crippen LogP contribution < -0.4 is 5.73 Å². The molecule has 1 rings (SSSR count). The van der Waals surface area contributed by atoms with Gasteiger partial charge in [-0.1, -0.05) is 23.7 Å². The van der Waals surface area contributed by atoms with Crippen molar-refractivity contribution < 1.29 is 9.53 Å². The summed E-state index contributed by atoms with van der Waals surface area (Å²) in [6.45, 7) is 2.17. The predicted octanol–water partition coefficient (Wildman–Crippen LogP) is 2.08. The maximum atomic E-state index is 11.3. The first-order chi connectivity index (χ1) is 7.10. The van der Waals surface area contributed by atoms with Gasteiger partial charge in [-0.15, -0.1) is 0 Å². The topological polar surface area (TPSA) is 52.3 Å². The van der Waals surface area contributed by atoms with E-state index in [0.29, 0.717) is 11.6 Å². The minimum Gasteiger partial charge on any atom is -0.469 e. The van der Waals surface area contributed by atoms with Crippen molar-refractivity contribution in [2.45, 2.75) is 19.4 Å². The number of rotatable bonds is 3. The van der Waals surface area contributed by atoms with E-state index in [1.54, 1.807) is 13.0 Å². The SMILES string of the molecule is COC(=O)C(C)c1ccc(CN)c(Cl)c1. The summed E-state index contributed by atoms with van der Waals surface area (Å²) < 4.78 is 4.66. The Kier molecular flexibility index (Phi) is 4.12. The highest BCUT2D eigenvalue weighted by molar-refractivity contribution is 6.31. The molecule has 0 aromatic heterocycles. The van der Waals surface area contributed by atoms with Crippen LogP contribution in [0.2, 0.25) is 5.02 Å². The van der Waals surface area contributed by atoms with Gasteiger partial charge >= 0.3 is 5.97 Å². The zero-order chi connectivity index (χ0) is 11.4. The van der Waals surface area contributed by atoms with Crippen molar-refractivity contribution in [1.29, 1.82) is 0 Å². The van der Waals surface area contributed by atoms with Crippen LogP contribution in [-0.4, -0.2) is 13.1 Å². The minimum absolute atomic E-state index is 0.272. The van der Waals surface area contributed by atoms with Gasteiger partial charge in [-0.05, 0) is 24.1 Å². The van der Waals surface area contributed by atoms with Crippen molar-refractivity contribution in [3.05, 3.63) is 34.3 Å². The Hall–Kier alpha value is -1.06. The fourth-order valence-electron chi connectivity index (χ4n) is 1.31. The largest absolute Gasteiger partial charge is 0.469 e. The van der Waals surface area contributed by atoms with Crippen LogP contribution in [0.25, 0.3) is 0 Å². The number of nitrogens with two attached hydrogens (primary N) is 1. The van der Waals surface area contributed by atoms with Crippen LogP contribution in [0.3, 0.4) is 0 Å². The third-order valence-corrected chi connectivity index (χ3v) is 2.70. The highest BCUT2D eigenvalue weighted by Crippen LogP contribution is 2.23. The Balaban J connectivity index is 2.97. The molecule has 4 heteroatoms. The molecule has 0 radical (unpaired) electrons. The summed E-state index contributed by atoms with van der Waals surface area (Å²) in [7, 11) is 1.37. The molecule has 0 heterocycles. The quantitative estimate of drug-likeness (QED) is 0.805. The molecule has 1 aromatic rings. The van der Waals surface area contributed by atoms with Crippen molar-refractivity contribution >= 4 is 17.6 Å². The number of esters is 1. The van der Waals surface area contributed by atoms with Crippen LogP contribution in [0, 0.1) is 0 Å². The molecule has 0 spiro atoms. The summed E-state index contributed by atoms with van der Waals surface area (Å²) >= 11 is 5.99. The highest BCUT2D eigenvalue weighted by atomic mass is 35.5. The zero-order valence-electron chi connectivity index (χ0n) is 8.79. The number of halogens is 1. The van der Waals surface area contributed by atoms with Crippen LogP contribution in [0.1, 0.15) is 24.0 Å². The van der Waals surface area contributed by atoms with Crippen LogP contribution in [0.5, 0.6) is 0 Å². The monoisotopic (exact) mass is 227 g/mol. The molecule has 0 saturated carbocycles. The predicted molar refractivity (Wildman–Crippen MR) is 59.8 cm³/mol. The second-order valence-corrected chi connectivity index (χ2v) is 3.71. The second-order valence-electron chi connectivity index (χ2n) is 3.30. The van der Waals surface area contributed by atoms with Gasteiger partial charge in [0.2, 0.25) is 0 Å². The van der Waals surface area contributed by atoms with Crippen LogP contribution in [0.15, 0.2) is 18.2 Å². The van der Waals surface area contributed by atoms with E-state index in [4.69, 9.17) is 17.3 Å². The van der Waals surface area contributed by atoms with Crippen molar-refractivity contribution in [1.82, 2.24) is 0 Å². The van der Waals surface area contributed by atoms with E-state index in [0.717, 1.165) is 11.1 Å². The first-order valence-electron chi connectivity index (χ1n) is 4.66. The zero-order valence-corrected chi connectivity index (χ0v) is 9.54. The van der Waals surface area contributed by atoms with E-state index in [1.165, 1.54) is 7.11 Å². The summed E-state index contributed by atoms with van der Waals surface area (Å²) in [6.07, 6.45) is 0. The van der Waals surface area contributed by atoms with Gasteiger partial charge in [0.15, 0.2) is 0 Å². The molecular formula is C11H14ClNO2. The lowest BCUT2D eigenvalue weighted by Gasteiger charge is -2.11. The molecule has 0 aliphatic rings. The summed E-state index contributed by atoms with van der Waals surface area (Å²) in [5.41, 5.74) is 7.20. The number of hydrogen-bond acceptors (Lipinski definition) is 3. The molecule has 3 nitrogen and oxygen atoms in total. The average Bonchev–Trinajstić information content (AvgIpc) is 2.26. The molecule has 0 fully saturated rings. The van der Waals surface area contributed by atoms with Crippen molar-refractivity contribution in [2.75, 3.05) is 7.11 Å². The number of methoxy groups -OCH3 is 1. The Morgan fingerprint density at radius 1 is 1.60 bits per heavy atom. The van der Waals surface area contributed by atoms with E-state index in [1.807, 2.05) is 12.1 Å². The normalized spacial score (nSPS) is 12.3. The van der Waals surface area contributed by atoms with E-state index in [2.05, 4.69) is 4.74 Å². The molecule has 1 unspecified atom stereocenters. The molecule has 0 amide bonds. The fraction of sp³-hybridized carbons (Fsp3) is 0.364. The second kappa shape index (κ2) is 5.14. The fourth-order valence-corrected chi connectivity index (χ4v) is 1.58. The summed E-state index contributed by atoms with van der Waals surface area (Å²) in [5.74, 6) is -0.578. The number of hydrogen-bond donors (Lipinski definition) is 1. The molecule has 0 bridgehead atoms. The van der Waals surface area contributed by atoms with Crippen LogP contribution >= 0.6 is 11.6 Å². The van der Waals surface area contributed by atoms with Gasteiger partial charge < -0.3 is 10.5 Å². The molecule has 0 saturated heterocycles. The first kappa shape index (κ1) is 12.0. The van der Waals surface area contributed by atoms with E-state index < -0.39 is 0 Å². The van der Waals surface area contributed by atoms with Gasteiger partial charge in [0.25, 0.3) is 0 Å². The summed E-state index contributed by atoms with van der Waals surface area (Å²) in [6, 6.07) is 5.43. The van der Waals surface area contributed by atoms with Gasteiger partial charge in [0, 0.05) is 11.6 Å². The number of benzene rings is 1. The van der Waals surface area contributed by atoms with Crippen molar-refractivity contribution in [3.8, 4) is 0 Å². The van der Waals surface area contributed by atoms with Gasteiger partial charge in [-0.2, -0.15) is 0 Å². The van der Waals surface area contributed by atoms with Gasteiger partial charge in [0.05, 0.1) is 13.0 Å². The maximum absolute atomic E-state index is 11.3. The highest BCUT2D eigenvalue weighted by Gasteiger charge is 2.16. The standard InChI is InChI=1S/C11H14ClNO2/c1-7(11(14)15-2)8-3-4-9(6-13)10(12)5-8/h3-5,7H,6,13H2,1-2H3. The Labute approximate surface area is 94.2 Å². The van der Waals surface area contributed by atoms with Crippen molar-refractivity contribution in [3.63, 3.8) is 0 Å². The first-order valence-corrected chi connectivity index (χ1v) is 5.04. The molecule has 82 valence electrons. The molecular weight excluding hydrogens is 214 g/mol. The Morgan fingerprint density at radius 3 is 2.73 bits per heavy atom.